The average molecular weight is 426 g/mol. The molecule has 5 rings (SSSR count). The number of halogens is 2. The van der Waals surface area contributed by atoms with Crippen LogP contribution in [0.1, 0.15) is 12.8 Å². The summed E-state index contributed by atoms with van der Waals surface area (Å²) in [6.07, 6.45) is 2.06. The van der Waals surface area contributed by atoms with E-state index in [-0.39, 0.29) is 11.6 Å². The summed E-state index contributed by atoms with van der Waals surface area (Å²) >= 11 is 0. The Morgan fingerprint density at radius 3 is 2.45 bits per heavy atom. The SMILES string of the molecule is COc1ccc(O[C@@H]2C[C@@H]3CN(c4ccnc5c(F)cc(F)cc45)C[C@@H]3C[C@H]2O)cc1. The monoisotopic (exact) mass is 426 g/mol. The highest BCUT2D eigenvalue weighted by Crippen LogP contribution is 2.41. The molecule has 2 fully saturated rings. The van der Waals surface area contributed by atoms with Gasteiger partial charge in [-0.1, -0.05) is 0 Å². The molecule has 4 atom stereocenters. The van der Waals surface area contributed by atoms with Crippen molar-refractivity contribution in [1.82, 2.24) is 4.98 Å². The van der Waals surface area contributed by atoms with E-state index in [9.17, 15) is 13.9 Å². The zero-order chi connectivity index (χ0) is 21.5. The molecule has 162 valence electrons. The van der Waals surface area contributed by atoms with Gasteiger partial charge in [0.1, 0.15) is 28.9 Å². The summed E-state index contributed by atoms with van der Waals surface area (Å²) in [4.78, 5) is 6.24. The summed E-state index contributed by atoms with van der Waals surface area (Å²) in [5.41, 5.74) is 0.953. The van der Waals surface area contributed by atoms with Crippen LogP contribution in [0.5, 0.6) is 11.5 Å². The Morgan fingerprint density at radius 2 is 1.71 bits per heavy atom. The van der Waals surface area contributed by atoms with Crippen molar-refractivity contribution in [2.75, 3.05) is 25.1 Å². The number of aliphatic hydroxyl groups is 1. The Labute approximate surface area is 179 Å². The first-order valence-electron chi connectivity index (χ1n) is 10.5. The minimum atomic E-state index is -0.656. The van der Waals surface area contributed by atoms with Crippen LogP contribution in [0.4, 0.5) is 14.5 Å². The highest BCUT2D eigenvalue weighted by molar-refractivity contribution is 5.92. The van der Waals surface area contributed by atoms with Crippen molar-refractivity contribution in [2.45, 2.75) is 25.0 Å². The van der Waals surface area contributed by atoms with Gasteiger partial charge in [0.2, 0.25) is 0 Å². The molecule has 31 heavy (non-hydrogen) atoms. The lowest BCUT2D eigenvalue weighted by atomic mass is 9.78. The Morgan fingerprint density at radius 1 is 1.00 bits per heavy atom. The molecule has 0 amide bonds. The summed E-state index contributed by atoms with van der Waals surface area (Å²) in [6, 6.07) is 11.3. The lowest BCUT2D eigenvalue weighted by Gasteiger charge is -2.35. The number of benzene rings is 2. The number of pyridine rings is 1. The van der Waals surface area contributed by atoms with Crippen molar-refractivity contribution < 1.29 is 23.4 Å². The first-order chi connectivity index (χ1) is 15.0. The third-order valence-corrected chi connectivity index (χ3v) is 6.51. The summed E-state index contributed by atoms with van der Waals surface area (Å²) in [7, 11) is 1.61. The summed E-state index contributed by atoms with van der Waals surface area (Å²) < 4.78 is 39.3. The van der Waals surface area contributed by atoms with E-state index in [2.05, 4.69) is 9.88 Å². The highest BCUT2D eigenvalue weighted by atomic mass is 19.1. The number of rotatable bonds is 4. The third-order valence-electron chi connectivity index (χ3n) is 6.51. The molecule has 2 aliphatic rings. The van der Waals surface area contributed by atoms with Gasteiger partial charge < -0.3 is 19.5 Å². The number of aliphatic hydroxyl groups excluding tert-OH is 1. The largest absolute Gasteiger partial charge is 0.497 e. The van der Waals surface area contributed by atoms with Gasteiger partial charge in [0.25, 0.3) is 0 Å². The van der Waals surface area contributed by atoms with Gasteiger partial charge in [-0.05, 0) is 61.1 Å². The molecule has 3 aromatic rings. The molecule has 1 aliphatic carbocycles. The molecule has 1 saturated carbocycles. The van der Waals surface area contributed by atoms with Gasteiger partial charge >= 0.3 is 0 Å². The van der Waals surface area contributed by atoms with Crippen LogP contribution in [0, 0.1) is 23.5 Å². The van der Waals surface area contributed by atoms with E-state index in [1.165, 1.54) is 6.07 Å². The predicted molar refractivity (Wildman–Crippen MR) is 114 cm³/mol. The number of anilines is 1. The van der Waals surface area contributed by atoms with Crippen LogP contribution in [0.3, 0.4) is 0 Å². The molecule has 0 radical (unpaired) electrons. The van der Waals surface area contributed by atoms with Crippen molar-refractivity contribution in [1.29, 1.82) is 0 Å². The van der Waals surface area contributed by atoms with E-state index in [1.54, 1.807) is 19.4 Å². The van der Waals surface area contributed by atoms with Gasteiger partial charge in [-0.25, -0.2) is 8.78 Å². The smallest absolute Gasteiger partial charge is 0.152 e. The molecule has 7 heteroatoms. The van der Waals surface area contributed by atoms with Gasteiger partial charge in [0, 0.05) is 36.4 Å². The van der Waals surface area contributed by atoms with E-state index in [0.717, 1.165) is 37.0 Å². The normalized spacial score (nSPS) is 25.5. The van der Waals surface area contributed by atoms with E-state index in [4.69, 9.17) is 9.47 Å². The fourth-order valence-corrected chi connectivity index (χ4v) is 4.98. The third kappa shape index (κ3) is 3.78. The number of hydrogen-bond donors (Lipinski definition) is 1. The Bertz CT molecular complexity index is 1090. The lowest BCUT2D eigenvalue weighted by Crippen LogP contribution is -2.42. The number of aromatic nitrogens is 1. The van der Waals surface area contributed by atoms with Crippen molar-refractivity contribution >= 4 is 16.6 Å². The maximum absolute atomic E-state index is 14.2. The Hall–Kier alpha value is -2.93. The lowest BCUT2D eigenvalue weighted by molar-refractivity contribution is -0.0231. The number of fused-ring (bicyclic) bond motifs is 2. The molecule has 2 aromatic carbocycles. The number of methoxy groups -OCH3 is 1. The number of ether oxygens (including phenoxy) is 2. The van der Waals surface area contributed by atoms with Crippen LogP contribution < -0.4 is 14.4 Å². The molecule has 0 spiro atoms. The molecule has 1 aromatic heterocycles. The van der Waals surface area contributed by atoms with E-state index >= 15 is 0 Å². The second-order valence-electron chi connectivity index (χ2n) is 8.41. The molecule has 5 nitrogen and oxygen atoms in total. The zero-order valence-electron chi connectivity index (χ0n) is 17.2. The molecule has 2 heterocycles. The number of nitrogens with zero attached hydrogens (tertiary/aromatic N) is 2. The summed E-state index contributed by atoms with van der Waals surface area (Å²) in [5.74, 6) is 0.807. The molecule has 0 bridgehead atoms. The van der Waals surface area contributed by atoms with Gasteiger partial charge in [-0.3, -0.25) is 4.98 Å². The van der Waals surface area contributed by atoms with Crippen molar-refractivity contribution in [3.05, 3.63) is 60.3 Å². The van der Waals surface area contributed by atoms with E-state index < -0.39 is 17.7 Å². The quantitative estimate of drug-likeness (QED) is 0.679. The van der Waals surface area contributed by atoms with Crippen LogP contribution in [0.15, 0.2) is 48.7 Å². The van der Waals surface area contributed by atoms with Crippen molar-refractivity contribution in [3.8, 4) is 11.5 Å². The first kappa shape index (κ1) is 20.0. The van der Waals surface area contributed by atoms with Crippen molar-refractivity contribution in [2.24, 2.45) is 11.8 Å². The number of hydrogen-bond acceptors (Lipinski definition) is 5. The fraction of sp³-hybridized carbons (Fsp3) is 0.375. The van der Waals surface area contributed by atoms with Crippen LogP contribution in [-0.4, -0.2) is 42.5 Å². The van der Waals surface area contributed by atoms with Crippen LogP contribution in [-0.2, 0) is 0 Å². The minimum absolute atomic E-state index is 0.175. The van der Waals surface area contributed by atoms with Crippen LogP contribution >= 0.6 is 0 Å². The molecular formula is C24H24F2N2O3. The van der Waals surface area contributed by atoms with Crippen LogP contribution in [0.25, 0.3) is 10.9 Å². The van der Waals surface area contributed by atoms with Crippen molar-refractivity contribution in [3.63, 3.8) is 0 Å². The van der Waals surface area contributed by atoms with Gasteiger partial charge in [0.05, 0.1) is 13.2 Å². The standard InChI is InChI=1S/C24H24F2N2O3/c1-30-17-2-4-18(5-3-17)31-23-9-15-13-28(12-14(15)8-22(23)29)21-6-7-27-24-19(21)10-16(25)11-20(24)26/h2-7,10-11,14-15,22-23,29H,8-9,12-13H2,1H3/t14-,15+,22+,23+/m0/s1. The minimum Gasteiger partial charge on any atom is -0.497 e. The Balaban J connectivity index is 1.34. The zero-order valence-corrected chi connectivity index (χ0v) is 17.2. The molecular weight excluding hydrogens is 402 g/mol. The topological polar surface area (TPSA) is 54.8 Å². The first-order valence-corrected chi connectivity index (χ1v) is 10.5. The predicted octanol–water partition coefficient (Wildman–Crippen LogP) is 4.18. The second-order valence-corrected chi connectivity index (χ2v) is 8.41. The fourth-order valence-electron chi connectivity index (χ4n) is 4.98. The van der Waals surface area contributed by atoms with Gasteiger partial charge in [-0.15, -0.1) is 0 Å². The highest BCUT2D eigenvalue weighted by Gasteiger charge is 2.43. The summed E-state index contributed by atoms with van der Waals surface area (Å²) in [6.45, 7) is 1.48. The molecule has 1 N–H and O–H groups in total. The summed E-state index contributed by atoms with van der Waals surface area (Å²) in [5, 5.41) is 11.2. The maximum atomic E-state index is 14.2. The van der Waals surface area contributed by atoms with E-state index in [0.29, 0.717) is 29.4 Å². The average Bonchev–Trinajstić information content (AvgIpc) is 3.16. The van der Waals surface area contributed by atoms with Crippen LogP contribution in [0.2, 0.25) is 0 Å². The molecule has 0 unspecified atom stereocenters. The second kappa shape index (κ2) is 7.96. The van der Waals surface area contributed by atoms with E-state index in [1.807, 2.05) is 24.3 Å². The van der Waals surface area contributed by atoms with Gasteiger partial charge in [-0.2, -0.15) is 0 Å². The van der Waals surface area contributed by atoms with Gasteiger partial charge in [0.15, 0.2) is 5.82 Å². The molecule has 1 saturated heterocycles. The molecule has 1 aliphatic heterocycles. The Kier molecular flexibility index (Phi) is 5.14. The maximum Gasteiger partial charge on any atom is 0.152 e.